The van der Waals surface area contributed by atoms with E-state index in [4.69, 9.17) is 0 Å². The smallest absolute Gasteiger partial charge is 0.193 e. The molecule has 0 saturated carbocycles. The van der Waals surface area contributed by atoms with Crippen LogP contribution in [0.1, 0.15) is 27.6 Å². The quantitative estimate of drug-likeness (QED) is 0.656. The lowest BCUT2D eigenvalue weighted by molar-refractivity contribution is 0.103. The Labute approximate surface area is 106 Å². The molecule has 2 aromatic rings. The van der Waals surface area contributed by atoms with Gasteiger partial charge in [0.1, 0.15) is 0 Å². The van der Waals surface area contributed by atoms with Gasteiger partial charge in [0.2, 0.25) is 0 Å². The number of aliphatic hydroxyl groups is 1. The highest BCUT2D eigenvalue weighted by Crippen LogP contribution is 2.21. The average Bonchev–Trinajstić information content (AvgIpc) is 2.46. The van der Waals surface area contributed by atoms with Gasteiger partial charge in [-0.15, -0.1) is 6.58 Å². The monoisotopic (exact) mass is 238 g/mol. The highest BCUT2D eigenvalue weighted by molar-refractivity contribution is 6.10. The molecule has 2 aromatic carbocycles. The molecule has 0 radical (unpaired) electrons. The van der Waals surface area contributed by atoms with Gasteiger partial charge in [-0.1, -0.05) is 60.7 Å². The van der Waals surface area contributed by atoms with E-state index in [0.29, 0.717) is 16.7 Å². The Hall–Kier alpha value is -2.19. The maximum Gasteiger partial charge on any atom is 0.193 e. The molecular formula is C16H14O2. The first-order valence-corrected chi connectivity index (χ1v) is 5.73. The number of hydrogen-bond donors (Lipinski definition) is 1. The van der Waals surface area contributed by atoms with Crippen LogP contribution in [-0.2, 0) is 0 Å². The predicted octanol–water partition coefficient (Wildman–Crippen LogP) is 3.14. The summed E-state index contributed by atoms with van der Waals surface area (Å²) in [4.78, 5) is 12.3. The van der Waals surface area contributed by atoms with Crippen molar-refractivity contribution < 1.29 is 9.90 Å². The highest BCUT2D eigenvalue weighted by Gasteiger charge is 2.15. The van der Waals surface area contributed by atoms with Crippen LogP contribution >= 0.6 is 0 Å². The van der Waals surface area contributed by atoms with Gasteiger partial charge in [0, 0.05) is 11.1 Å². The normalized spacial score (nSPS) is 11.8. The van der Waals surface area contributed by atoms with Crippen LogP contribution in [0.3, 0.4) is 0 Å². The molecule has 0 aromatic heterocycles. The maximum atomic E-state index is 12.3. The van der Waals surface area contributed by atoms with E-state index in [0.717, 1.165) is 0 Å². The maximum absolute atomic E-state index is 12.3. The van der Waals surface area contributed by atoms with Crippen LogP contribution in [-0.4, -0.2) is 10.9 Å². The van der Waals surface area contributed by atoms with Gasteiger partial charge in [0.25, 0.3) is 0 Å². The summed E-state index contributed by atoms with van der Waals surface area (Å²) in [5, 5.41) is 9.84. The van der Waals surface area contributed by atoms with Crippen LogP contribution in [0.15, 0.2) is 67.3 Å². The Morgan fingerprint density at radius 2 is 1.67 bits per heavy atom. The van der Waals surface area contributed by atoms with Gasteiger partial charge in [-0.2, -0.15) is 0 Å². The lowest BCUT2D eigenvalue weighted by Gasteiger charge is -2.11. The van der Waals surface area contributed by atoms with E-state index >= 15 is 0 Å². The van der Waals surface area contributed by atoms with Crippen molar-refractivity contribution in [1.29, 1.82) is 0 Å². The average molecular weight is 238 g/mol. The second kappa shape index (κ2) is 5.43. The number of carbonyl (C=O) groups excluding carboxylic acids is 1. The Morgan fingerprint density at radius 1 is 1.06 bits per heavy atom. The van der Waals surface area contributed by atoms with Gasteiger partial charge >= 0.3 is 0 Å². The number of carbonyl (C=O) groups is 1. The zero-order chi connectivity index (χ0) is 13.0. The van der Waals surface area contributed by atoms with E-state index in [1.165, 1.54) is 6.08 Å². The zero-order valence-electron chi connectivity index (χ0n) is 9.91. The zero-order valence-corrected chi connectivity index (χ0v) is 9.91. The van der Waals surface area contributed by atoms with E-state index in [9.17, 15) is 9.90 Å². The predicted molar refractivity (Wildman–Crippen MR) is 71.5 cm³/mol. The summed E-state index contributed by atoms with van der Waals surface area (Å²) in [6, 6.07) is 16.1. The molecule has 0 spiro atoms. The van der Waals surface area contributed by atoms with Crippen molar-refractivity contribution in [3.8, 4) is 0 Å². The van der Waals surface area contributed by atoms with Gasteiger partial charge in [0.15, 0.2) is 5.78 Å². The molecule has 2 nitrogen and oxygen atoms in total. The van der Waals surface area contributed by atoms with Crippen LogP contribution in [0.2, 0.25) is 0 Å². The molecule has 2 heteroatoms. The second-order valence-corrected chi connectivity index (χ2v) is 3.96. The first kappa shape index (κ1) is 12.3. The van der Waals surface area contributed by atoms with Crippen molar-refractivity contribution >= 4 is 5.78 Å². The van der Waals surface area contributed by atoms with E-state index in [1.807, 2.05) is 18.2 Å². The number of hydrogen-bond acceptors (Lipinski definition) is 2. The summed E-state index contributed by atoms with van der Waals surface area (Å²) in [6.07, 6.45) is 0.589. The minimum absolute atomic E-state index is 0.0906. The second-order valence-electron chi connectivity index (χ2n) is 3.96. The third kappa shape index (κ3) is 2.39. The van der Waals surface area contributed by atoms with Crippen molar-refractivity contribution in [1.82, 2.24) is 0 Å². The van der Waals surface area contributed by atoms with Crippen LogP contribution in [0.4, 0.5) is 0 Å². The van der Waals surface area contributed by atoms with Crippen molar-refractivity contribution in [2.75, 3.05) is 0 Å². The molecule has 2 rings (SSSR count). The summed E-state index contributed by atoms with van der Waals surface area (Å²) in [5.74, 6) is -0.0906. The van der Waals surface area contributed by atoms with E-state index in [-0.39, 0.29) is 5.78 Å². The van der Waals surface area contributed by atoms with Gasteiger partial charge in [0.05, 0.1) is 6.10 Å². The fourth-order valence-electron chi connectivity index (χ4n) is 1.83. The summed E-state index contributed by atoms with van der Waals surface area (Å²) in [7, 11) is 0. The van der Waals surface area contributed by atoms with Crippen LogP contribution in [0.5, 0.6) is 0 Å². The first-order chi connectivity index (χ1) is 8.74. The van der Waals surface area contributed by atoms with Crippen LogP contribution < -0.4 is 0 Å². The van der Waals surface area contributed by atoms with Crippen molar-refractivity contribution in [2.24, 2.45) is 0 Å². The topological polar surface area (TPSA) is 37.3 Å². The van der Waals surface area contributed by atoms with Gasteiger partial charge in [-0.3, -0.25) is 4.79 Å². The van der Waals surface area contributed by atoms with Crippen molar-refractivity contribution in [2.45, 2.75) is 6.10 Å². The fourth-order valence-corrected chi connectivity index (χ4v) is 1.83. The molecule has 1 unspecified atom stereocenters. The third-order valence-electron chi connectivity index (χ3n) is 2.78. The van der Waals surface area contributed by atoms with Gasteiger partial charge in [-0.05, 0) is 5.56 Å². The number of ketones is 1. The van der Waals surface area contributed by atoms with Gasteiger partial charge < -0.3 is 5.11 Å². The minimum Gasteiger partial charge on any atom is -0.384 e. The molecular weight excluding hydrogens is 224 g/mol. The SMILES string of the molecule is C=CC(O)c1ccccc1C(=O)c1ccccc1. The molecule has 18 heavy (non-hydrogen) atoms. The largest absolute Gasteiger partial charge is 0.384 e. The van der Waals surface area contributed by atoms with E-state index < -0.39 is 6.10 Å². The molecule has 0 fully saturated rings. The molecule has 0 saturated heterocycles. The third-order valence-corrected chi connectivity index (χ3v) is 2.78. The first-order valence-electron chi connectivity index (χ1n) is 5.73. The summed E-state index contributed by atoms with van der Waals surface area (Å²) in [5.41, 5.74) is 1.71. The molecule has 1 atom stereocenters. The lowest BCUT2D eigenvalue weighted by Crippen LogP contribution is -2.07. The van der Waals surface area contributed by atoms with Crippen LogP contribution in [0, 0.1) is 0 Å². The van der Waals surface area contributed by atoms with Crippen molar-refractivity contribution in [3.05, 3.63) is 83.9 Å². The lowest BCUT2D eigenvalue weighted by atomic mass is 9.95. The fraction of sp³-hybridized carbons (Fsp3) is 0.0625. The number of aliphatic hydroxyl groups excluding tert-OH is 1. The Balaban J connectivity index is 2.46. The molecule has 1 N–H and O–H groups in total. The standard InChI is InChI=1S/C16H14O2/c1-2-15(17)13-10-6-7-11-14(13)16(18)12-8-4-3-5-9-12/h2-11,15,17H,1H2. The summed E-state index contributed by atoms with van der Waals surface area (Å²) < 4.78 is 0. The Kier molecular flexibility index (Phi) is 3.70. The molecule has 0 aliphatic rings. The highest BCUT2D eigenvalue weighted by atomic mass is 16.3. The molecule has 90 valence electrons. The van der Waals surface area contributed by atoms with Crippen molar-refractivity contribution in [3.63, 3.8) is 0 Å². The summed E-state index contributed by atoms with van der Waals surface area (Å²) in [6.45, 7) is 3.55. The molecule has 0 heterocycles. The number of rotatable bonds is 4. The molecule has 0 aliphatic heterocycles. The molecule has 0 bridgehead atoms. The minimum atomic E-state index is -0.825. The Bertz CT molecular complexity index is 558. The molecule has 0 aliphatic carbocycles. The van der Waals surface area contributed by atoms with E-state index in [1.54, 1.807) is 36.4 Å². The van der Waals surface area contributed by atoms with Gasteiger partial charge in [-0.25, -0.2) is 0 Å². The number of benzene rings is 2. The van der Waals surface area contributed by atoms with Crippen LogP contribution in [0.25, 0.3) is 0 Å². The summed E-state index contributed by atoms with van der Waals surface area (Å²) >= 11 is 0. The Morgan fingerprint density at radius 3 is 2.33 bits per heavy atom. The van der Waals surface area contributed by atoms with E-state index in [2.05, 4.69) is 6.58 Å². The molecule has 0 amide bonds.